The van der Waals surface area contributed by atoms with E-state index in [1.54, 1.807) is 42.3 Å². The summed E-state index contributed by atoms with van der Waals surface area (Å²) < 4.78 is 40.1. The number of amides is 1. The van der Waals surface area contributed by atoms with Crippen molar-refractivity contribution in [1.29, 1.82) is 0 Å². The molecule has 1 unspecified atom stereocenters. The van der Waals surface area contributed by atoms with Gasteiger partial charge in [0, 0.05) is 32.1 Å². The van der Waals surface area contributed by atoms with Gasteiger partial charge in [-0.3, -0.25) is 4.79 Å². The summed E-state index contributed by atoms with van der Waals surface area (Å²) in [5.74, 6) is 0.506. The maximum absolute atomic E-state index is 13.7. The van der Waals surface area contributed by atoms with Crippen molar-refractivity contribution in [3.8, 4) is 5.75 Å². The Morgan fingerprint density at radius 3 is 2.34 bits per heavy atom. The second-order valence-electron chi connectivity index (χ2n) is 10.6. The number of hydrogen-bond donors (Lipinski definition) is 1. The molecule has 2 aromatic rings. The Morgan fingerprint density at radius 2 is 1.71 bits per heavy atom. The van der Waals surface area contributed by atoms with Gasteiger partial charge in [-0.25, -0.2) is 8.42 Å². The fourth-order valence-electron chi connectivity index (χ4n) is 5.71. The van der Waals surface area contributed by atoms with E-state index in [9.17, 15) is 18.3 Å². The number of carbonyl (C=O) groups is 1. The first kappa shape index (κ1) is 28.5. The zero-order valence-corrected chi connectivity index (χ0v) is 23.5. The van der Waals surface area contributed by atoms with Gasteiger partial charge in [-0.2, -0.15) is 4.31 Å². The molecule has 2 fully saturated rings. The van der Waals surface area contributed by atoms with Crippen molar-refractivity contribution in [2.45, 2.75) is 68.9 Å². The van der Waals surface area contributed by atoms with Crippen LogP contribution in [0.2, 0.25) is 0 Å². The molecule has 2 aliphatic rings. The molecule has 0 radical (unpaired) electrons. The normalized spacial score (nSPS) is 20.3. The van der Waals surface area contributed by atoms with Crippen LogP contribution in [0.3, 0.4) is 0 Å². The van der Waals surface area contributed by atoms with Gasteiger partial charge in [0.1, 0.15) is 12.4 Å². The van der Waals surface area contributed by atoms with Gasteiger partial charge in [0.25, 0.3) is 0 Å². The van der Waals surface area contributed by atoms with E-state index in [0.29, 0.717) is 67.1 Å². The third kappa shape index (κ3) is 6.57. The number of rotatable bonds is 9. The zero-order chi connectivity index (χ0) is 27.3. The molecule has 8 nitrogen and oxygen atoms in total. The summed E-state index contributed by atoms with van der Waals surface area (Å²) >= 11 is 0. The molecule has 2 aromatic carbocycles. The van der Waals surface area contributed by atoms with Crippen molar-refractivity contribution in [2.75, 3.05) is 40.0 Å². The molecule has 0 aliphatic carbocycles. The molecule has 208 valence electrons. The van der Waals surface area contributed by atoms with Gasteiger partial charge in [-0.05, 0) is 68.4 Å². The van der Waals surface area contributed by atoms with Gasteiger partial charge in [0.15, 0.2) is 0 Å². The predicted molar refractivity (Wildman–Crippen MR) is 146 cm³/mol. The number of aliphatic hydroxyl groups is 1. The Balaban J connectivity index is 1.32. The molecule has 2 heterocycles. The summed E-state index contributed by atoms with van der Waals surface area (Å²) in [7, 11) is -2.17. The molecular weight excluding hydrogens is 504 g/mol. The van der Waals surface area contributed by atoms with Crippen LogP contribution >= 0.6 is 0 Å². The fourth-order valence-corrected chi connectivity index (χ4v) is 7.80. The maximum atomic E-state index is 13.7. The molecule has 4 rings (SSSR count). The monoisotopic (exact) mass is 544 g/mol. The Morgan fingerprint density at radius 1 is 1.05 bits per heavy atom. The highest BCUT2D eigenvalue weighted by Crippen LogP contribution is 2.32. The van der Waals surface area contributed by atoms with Crippen LogP contribution in [0.5, 0.6) is 5.75 Å². The van der Waals surface area contributed by atoms with E-state index < -0.39 is 15.6 Å². The SMILES string of the molecule is COc1cc(C)c(S(=O)(=O)N2CCCCC2COCC(=O)N2CCC(O)(Cc3ccccc3)CC2)c(C)c1. The lowest BCUT2D eigenvalue weighted by molar-refractivity contribution is -0.140. The van der Waals surface area contributed by atoms with Crippen LogP contribution in [-0.4, -0.2) is 80.2 Å². The Hall–Kier alpha value is -2.46. The molecule has 38 heavy (non-hydrogen) atoms. The van der Waals surface area contributed by atoms with Gasteiger partial charge in [-0.1, -0.05) is 36.8 Å². The summed E-state index contributed by atoms with van der Waals surface area (Å²) in [4.78, 5) is 14.9. The fraction of sp³-hybridized carbons (Fsp3) is 0.552. The molecular formula is C29H40N2O6S. The lowest BCUT2D eigenvalue weighted by atomic mass is 9.85. The van der Waals surface area contributed by atoms with E-state index >= 15 is 0 Å². The summed E-state index contributed by atoms with van der Waals surface area (Å²) in [6.45, 7) is 5.04. The minimum atomic E-state index is -3.73. The number of hydrogen-bond acceptors (Lipinski definition) is 6. The molecule has 0 spiro atoms. The zero-order valence-electron chi connectivity index (χ0n) is 22.7. The largest absolute Gasteiger partial charge is 0.497 e. The molecule has 1 N–H and O–H groups in total. The van der Waals surface area contributed by atoms with Gasteiger partial charge >= 0.3 is 0 Å². The lowest BCUT2D eigenvalue weighted by Gasteiger charge is -2.38. The molecule has 2 saturated heterocycles. The minimum Gasteiger partial charge on any atom is -0.497 e. The molecule has 2 aliphatic heterocycles. The first-order chi connectivity index (χ1) is 18.1. The summed E-state index contributed by atoms with van der Waals surface area (Å²) in [6.07, 6.45) is 4.01. The highest BCUT2D eigenvalue weighted by Gasteiger charge is 2.37. The van der Waals surface area contributed by atoms with Crippen LogP contribution in [-0.2, 0) is 26.0 Å². The van der Waals surface area contributed by atoms with Crippen LogP contribution in [0.4, 0.5) is 0 Å². The van der Waals surface area contributed by atoms with Crippen LogP contribution in [0.15, 0.2) is 47.4 Å². The highest BCUT2D eigenvalue weighted by molar-refractivity contribution is 7.89. The number of nitrogens with zero attached hydrogens (tertiary/aromatic N) is 2. The van der Waals surface area contributed by atoms with Crippen molar-refractivity contribution in [3.05, 3.63) is 59.2 Å². The Bertz CT molecular complexity index is 1190. The molecule has 9 heteroatoms. The predicted octanol–water partition coefficient (Wildman–Crippen LogP) is 3.47. The molecule has 0 aromatic heterocycles. The Kier molecular flexibility index (Phi) is 9.13. The second kappa shape index (κ2) is 12.2. The van der Waals surface area contributed by atoms with Gasteiger partial charge in [0.2, 0.25) is 15.9 Å². The van der Waals surface area contributed by atoms with Crippen molar-refractivity contribution in [2.24, 2.45) is 0 Å². The number of ether oxygens (including phenoxy) is 2. The first-order valence-electron chi connectivity index (χ1n) is 13.4. The number of carbonyl (C=O) groups excluding carboxylic acids is 1. The van der Waals surface area contributed by atoms with Crippen LogP contribution in [0.25, 0.3) is 0 Å². The molecule has 0 saturated carbocycles. The van der Waals surface area contributed by atoms with Crippen molar-refractivity contribution in [1.82, 2.24) is 9.21 Å². The summed E-state index contributed by atoms with van der Waals surface area (Å²) in [5, 5.41) is 11.0. The number of methoxy groups -OCH3 is 1. The number of benzene rings is 2. The van der Waals surface area contributed by atoms with Crippen LogP contribution < -0.4 is 4.74 Å². The van der Waals surface area contributed by atoms with E-state index in [0.717, 1.165) is 18.4 Å². The molecule has 1 amide bonds. The quantitative estimate of drug-likeness (QED) is 0.519. The summed E-state index contributed by atoms with van der Waals surface area (Å²) in [6, 6.07) is 13.1. The molecule has 1 atom stereocenters. The number of sulfonamides is 1. The average molecular weight is 545 g/mol. The van der Waals surface area contributed by atoms with Crippen molar-refractivity contribution >= 4 is 15.9 Å². The number of likely N-dealkylation sites (tertiary alicyclic amines) is 1. The third-order valence-electron chi connectivity index (χ3n) is 7.77. The Labute approximate surface area is 226 Å². The average Bonchev–Trinajstić information content (AvgIpc) is 2.89. The van der Waals surface area contributed by atoms with E-state index in [1.807, 2.05) is 30.3 Å². The first-order valence-corrected chi connectivity index (χ1v) is 14.9. The van der Waals surface area contributed by atoms with Crippen molar-refractivity contribution in [3.63, 3.8) is 0 Å². The highest BCUT2D eigenvalue weighted by atomic mass is 32.2. The van der Waals surface area contributed by atoms with Crippen LogP contribution in [0.1, 0.15) is 48.8 Å². The topological polar surface area (TPSA) is 96.4 Å². The van der Waals surface area contributed by atoms with Gasteiger partial charge in [-0.15, -0.1) is 0 Å². The van der Waals surface area contributed by atoms with E-state index in [2.05, 4.69) is 0 Å². The number of aryl methyl sites for hydroxylation is 2. The van der Waals surface area contributed by atoms with E-state index in [1.165, 1.54) is 0 Å². The standard InChI is InChI=1S/C29H40N2O6S/c1-22-17-26(36-3)18-23(2)28(22)38(34,35)31-14-8-7-11-25(31)20-37-21-27(32)30-15-12-29(33,13-16-30)19-24-9-5-4-6-10-24/h4-6,9-10,17-18,25,33H,7-8,11-16,19-21H2,1-3H3. The maximum Gasteiger partial charge on any atom is 0.248 e. The summed E-state index contributed by atoms with van der Waals surface area (Å²) in [5.41, 5.74) is 1.58. The number of piperidine rings is 2. The van der Waals surface area contributed by atoms with E-state index in [4.69, 9.17) is 9.47 Å². The lowest BCUT2D eigenvalue weighted by Crippen LogP contribution is -2.49. The van der Waals surface area contributed by atoms with Gasteiger partial charge in [0.05, 0.1) is 24.2 Å². The third-order valence-corrected chi connectivity index (χ3v) is 10.0. The van der Waals surface area contributed by atoms with Crippen molar-refractivity contribution < 1.29 is 27.8 Å². The van der Waals surface area contributed by atoms with E-state index in [-0.39, 0.29) is 25.2 Å². The molecule has 0 bridgehead atoms. The van der Waals surface area contributed by atoms with Crippen LogP contribution in [0, 0.1) is 13.8 Å². The van der Waals surface area contributed by atoms with Gasteiger partial charge < -0.3 is 19.5 Å². The smallest absolute Gasteiger partial charge is 0.248 e. The minimum absolute atomic E-state index is 0.0951. The second-order valence-corrected chi connectivity index (χ2v) is 12.5.